The maximum Gasteiger partial charge on any atom is 0.248 e. The van der Waals surface area contributed by atoms with Gasteiger partial charge in [-0.2, -0.15) is 0 Å². The van der Waals surface area contributed by atoms with Gasteiger partial charge in [-0.3, -0.25) is 4.79 Å². The summed E-state index contributed by atoms with van der Waals surface area (Å²) in [6.45, 7) is 3.38. The molecule has 0 spiro atoms. The zero-order chi connectivity index (χ0) is 11.0. The lowest BCUT2D eigenvalue weighted by Gasteiger charge is -2.24. The standard InChI is InChI=1S/C9H20N2O3/c1-8(6-13-3)11(2)9(12)7-14-5-4-10/h8H,4-7,10H2,1-3H3. The Hall–Kier alpha value is -0.650. The van der Waals surface area contributed by atoms with Gasteiger partial charge in [0, 0.05) is 20.7 Å². The lowest BCUT2D eigenvalue weighted by molar-refractivity contribution is -0.137. The van der Waals surface area contributed by atoms with Crippen LogP contribution in [0.5, 0.6) is 0 Å². The highest BCUT2D eigenvalue weighted by Gasteiger charge is 2.14. The van der Waals surface area contributed by atoms with Crippen molar-refractivity contribution in [1.82, 2.24) is 4.90 Å². The Bertz CT molecular complexity index is 164. The lowest BCUT2D eigenvalue weighted by Crippen LogP contribution is -2.40. The number of rotatable bonds is 7. The number of methoxy groups -OCH3 is 1. The van der Waals surface area contributed by atoms with Gasteiger partial charge in [-0.25, -0.2) is 0 Å². The zero-order valence-corrected chi connectivity index (χ0v) is 9.16. The van der Waals surface area contributed by atoms with Gasteiger partial charge in [0.25, 0.3) is 0 Å². The first-order chi connectivity index (χ1) is 6.63. The van der Waals surface area contributed by atoms with Gasteiger partial charge in [-0.05, 0) is 6.92 Å². The van der Waals surface area contributed by atoms with Crippen LogP contribution >= 0.6 is 0 Å². The molecule has 0 aromatic heterocycles. The van der Waals surface area contributed by atoms with Gasteiger partial charge >= 0.3 is 0 Å². The van der Waals surface area contributed by atoms with Crippen molar-refractivity contribution in [3.05, 3.63) is 0 Å². The SMILES string of the molecule is COCC(C)N(C)C(=O)COCCN. The van der Waals surface area contributed by atoms with Gasteiger partial charge in [0.15, 0.2) is 0 Å². The lowest BCUT2D eigenvalue weighted by atomic mass is 10.3. The Morgan fingerprint density at radius 1 is 1.57 bits per heavy atom. The largest absolute Gasteiger partial charge is 0.383 e. The van der Waals surface area contributed by atoms with Crippen molar-refractivity contribution in [3.63, 3.8) is 0 Å². The normalized spacial score (nSPS) is 12.6. The van der Waals surface area contributed by atoms with E-state index in [9.17, 15) is 4.79 Å². The number of hydrogen-bond donors (Lipinski definition) is 1. The monoisotopic (exact) mass is 204 g/mol. The molecule has 1 amide bonds. The molecule has 14 heavy (non-hydrogen) atoms. The molecule has 0 aliphatic rings. The van der Waals surface area contributed by atoms with E-state index >= 15 is 0 Å². The minimum atomic E-state index is -0.0528. The number of likely N-dealkylation sites (N-methyl/N-ethyl adjacent to an activating group) is 1. The fraction of sp³-hybridized carbons (Fsp3) is 0.889. The molecule has 2 N–H and O–H groups in total. The van der Waals surface area contributed by atoms with Crippen molar-refractivity contribution >= 4 is 5.91 Å². The van der Waals surface area contributed by atoms with Gasteiger partial charge in [-0.15, -0.1) is 0 Å². The van der Waals surface area contributed by atoms with Gasteiger partial charge in [0.1, 0.15) is 6.61 Å². The second-order valence-electron chi connectivity index (χ2n) is 3.15. The first kappa shape index (κ1) is 13.4. The van der Waals surface area contributed by atoms with Crippen LogP contribution in [0.3, 0.4) is 0 Å². The molecule has 1 atom stereocenters. The second kappa shape index (κ2) is 7.73. The van der Waals surface area contributed by atoms with E-state index in [4.69, 9.17) is 15.2 Å². The maximum atomic E-state index is 11.4. The average molecular weight is 204 g/mol. The van der Waals surface area contributed by atoms with Gasteiger partial charge in [0.2, 0.25) is 5.91 Å². The van der Waals surface area contributed by atoms with Crippen LogP contribution in [0.15, 0.2) is 0 Å². The molecule has 0 aliphatic carbocycles. The molecular weight excluding hydrogens is 184 g/mol. The van der Waals surface area contributed by atoms with Crippen LogP contribution < -0.4 is 5.73 Å². The number of hydrogen-bond acceptors (Lipinski definition) is 4. The quantitative estimate of drug-likeness (QED) is 0.565. The van der Waals surface area contributed by atoms with Crippen LogP contribution in [0.4, 0.5) is 0 Å². The summed E-state index contributed by atoms with van der Waals surface area (Å²) < 4.78 is 9.98. The summed E-state index contributed by atoms with van der Waals surface area (Å²) in [6, 6.07) is 0.0639. The fourth-order valence-electron chi connectivity index (χ4n) is 0.943. The predicted molar refractivity (Wildman–Crippen MR) is 54.0 cm³/mol. The van der Waals surface area contributed by atoms with E-state index in [-0.39, 0.29) is 18.6 Å². The van der Waals surface area contributed by atoms with Crippen molar-refractivity contribution in [3.8, 4) is 0 Å². The molecule has 84 valence electrons. The van der Waals surface area contributed by atoms with Gasteiger partial charge < -0.3 is 20.1 Å². The molecule has 0 rings (SSSR count). The van der Waals surface area contributed by atoms with Gasteiger partial charge in [-0.1, -0.05) is 0 Å². The van der Waals surface area contributed by atoms with E-state index in [0.717, 1.165) is 0 Å². The number of carbonyl (C=O) groups is 1. The molecule has 0 aromatic carbocycles. The minimum Gasteiger partial charge on any atom is -0.383 e. The van der Waals surface area contributed by atoms with E-state index in [0.29, 0.717) is 19.8 Å². The number of nitrogens with two attached hydrogens (primary N) is 1. The molecule has 0 radical (unpaired) electrons. The van der Waals surface area contributed by atoms with Crippen molar-refractivity contribution < 1.29 is 14.3 Å². The van der Waals surface area contributed by atoms with Crippen LogP contribution in [0.2, 0.25) is 0 Å². The molecule has 0 saturated heterocycles. The number of ether oxygens (including phenoxy) is 2. The first-order valence-electron chi connectivity index (χ1n) is 4.65. The Balaban J connectivity index is 3.74. The Morgan fingerprint density at radius 3 is 2.71 bits per heavy atom. The summed E-state index contributed by atoms with van der Waals surface area (Å²) in [4.78, 5) is 13.0. The highest BCUT2D eigenvalue weighted by atomic mass is 16.5. The Labute approximate surface area is 85.1 Å². The highest BCUT2D eigenvalue weighted by molar-refractivity contribution is 5.77. The fourth-order valence-corrected chi connectivity index (χ4v) is 0.943. The molecular formula is C9H20N2O3. The van der Waals surface area contributed by atoms with Crippen LogP contribution in [0.25, 0.3) is 0 Å². The van der Waals surface area contributed by atoms with Crippen LogP contribution in [-0.4, -0.2) is 57.4 Å². The third-order valence-electron chi connectivity index (χ3n) is 1.95. The average Bonchev–Trinajstić information content (AvgIpc) is 2.17. The molecule has 0 saturated carbocycles. The van der Waals surface area contributed by atoms with Crippen LogP contribution in [0, 0.1) is 0 Å². The number of nitrogens with zero attached hydrogens (tertiary/aromatic N) is 1. The number of amides is 1. The molecule has 0 fully saturated rings. The zero-order valence-electron chi connectivity index (χ0n) is 9.16. The van der Waals surface area contributed by atoms with Crippen LogP contribution in [-0.2, 0) is 14.3 Å². The molecule has 1 unspecified atom stereocenters. The molecule has 0 heterocycles. The van der Waals surface area contributed by atoms with E-state index in [1.54, 1.807) is 19.1 Å². The summed E-state index contributed by atoms with van der Waals surface area (Å²) in [5.41, 5.74) is 5.23. The van der Waals surface area contributed by atoms with Gasteiger partial charge in [0.05, 0.1) is 19.3 Å². The predicted octanol–water partition coefficient (Wildman–Crippen LogP) is -0.545. The van der Waals surface area contributed by atoms with Crippen molar-refractivity contribution in [2.24, 2.45) is 5.73 Å². The maximum absolute atomic E-state index is 11.4. The van der Waals surface area contributed by atoms with E-state index in [1.807, 2.05) is 6.92 Å². The summed E-state index contributed by atoms with van der Waals surface area (Å²) >= 11 is 0. The van der Waals surface area contributed by atoms with Crippen molar-refractivity contribution in [1.29, 1.82) is 0 Å². The number of carbonyl (C=O) groups excluding carboxylic acids is 1. The topological polar surface area (TPSA) is 64.8 Å². The van der Waals surface area contributed by atoms with Crippen LogP contribution in [0.1, 0.15) is 6.92 Å². The third-order valence-corrected chi connectivity index (χ3v) is 1.95. The summed E-state index contributed by atoms with van der Waals surface area (Å²) in [5, 5.41) is 0. The highest BCUT2D eigenvalue weighted by Crippen LogP contribution is 1.96. The Morgan fingerprint density at radius 2 is 2.21 bits per heavy atom. The second-order valence-corrected chi connectivity index (χ2v) is 3.15. The Kier molecular flexibility index (Phi) is 7.37. The minimum absolute atomic E-state index is 0.0528. The molecule has 0 aliphatic heterocycles. The molecule has 5 heteroatoms. The van der Waals surface area contributed by atoms with Crippen molar-refractivity contribution in [2.45, 2.75) is 13.0 Å². The summed E-state index contributed by atoms with van der Waals surface area (Å²) in [7, 11) is 3.34. The first-order valence-corrected chi connectivity index (χ1v) is 4.65. The molecule has 0 aromatic rings. The van der Waals surface area contributed by atoms with E-state index in [1.165, 1.54) is 0 Å². The molecule has 5 nitrogen and oxygen atoms in total. The van der Waals surface area contributed by atoms with Crippen molar-refractivity contribution in [2.75, 3.05) is 40.5 Å². The van der Waals surface area contributed by atoms with E-state index in [2.05, 4.69) is 0 Å². The van der Waals surface area contributed by atoms with E-state index < -0.39 is 0 Å². The third kappa shape index (κ3) is 5.16. The smallest absolute Gasteiger partial charge is 0.248 e. The summed E-state index contributed by atoms with van der Waals surface area (Å²) in [5.74, 6) is -0.0528. The summed E-state index contributed by atoms with van der Waals surface area (Å²) in [6.07, 6.45) is 0. The molecule has 0 bridgehead atoms.